The van der Waals surface area contributed by atoms with Crippen molar-refractivity contribution in [1.29, 1.82) is 0 Å². The highest BCUT2D eigenvalue weighted by Gasteiger charge is 2.19. The van der Waals surface area contributed by atoms with E-state index in [4.69, 9.17) is 11.6 Å². The van der Waals surface area contributed by atoms with Gasteiger partial charge in [0.1, 0.15) is 5.60 Å². The molecule has 1 unspecified atom stereocenters. The Hall–Kier alpha value is -1.39. The number of allylic oxidation sites excluding steroid dienone is 1. The third kappa shape index (κ3) is 5.01. The first-order valence-corrected chi connectivity index (χ1v) is 6.72. The number of alkyl halides is 1. The van der Waals surface area contributed by atoms with Crippen LogP contribution in [0.15, 0.2) is 36.4 Å². The summed E-state index contributed by atoms with van der Waals surface area (Å²) in [6, 6.07) is 5.93. The Bertz CT molecular complexity index is 441. The lowest BCUT2D eigenvalue weighted by atomic mass is 9.95. The molecule has 0 aliphatic heterocycles. The minimum absolute atomic E-state index is 0.0191. The molecule has 1 atom stereocenters. The van der Waals surface area contributed by atoms with E-state index >= 15 is 0 Å². The van der Waals surface area contributed by atoms with Gasteiger partial charge in [-0.25, -0.2) is 0 Å². The molecule has 0 saturated carbocycles. The van der Waals surface area contributed by atoms with Crippen molar-refractivity contribution in [3.8, 4) is 0 Å². The molecule has 0 aliphatic carbocycles. The third-order valence-corrected chi connectivity index (χ3v) is 3.13. The second kappa shape index (κ2) is 7.26. The molecule has 0 heterocycles. The van der Waals surface area contributed by atoms with Gasteiger partial charge in [-0.3, -0.25) is 10.1 Å². The topological polar surface area (TPSA) is 63.4 Å². The Labute approximate surface area is 117 Å². The summed E-state index contributed by atoms with van der Waals surface area (Å²) in [6.07, 6.45) is 6.41. The Morgan fingerprint density at radius 3 is 2.53 bits per heavy atom. The second-order valence-corrected chi connectivity index (χ2v) is 4.92. The molecule has 0 spiro atoms. The number of hydrogen-bond donors (Lipinski definition) is 1. The minimum Gasteiger partial charge on any atom is -0.381 e. The molecule has 1 N–H and O–H groups in total. The van der Waals surface area contributed by atoms with Gasteiger partial charge in [-0.2, -0.15) is 0 Å². The summed E-state index contributed by atoms with van der Waals surface area (Å²) in [5.74, 6) is 0.645. The molecule has 19 heavy (non-hydrogen) atoms. The molecule has 4 nitrogen and oxygen atoms in total. The SMILES string of the molecule is CC(O)(/C=C/CCCCCl)c1ccc([N+](=O)[O-])cc1. The van der Waals surface area contributed by atoms with Crippen LogP contribution in [0.1, 0.15) is 31.7 Å². The van der Waals surface area contributed by atoms with Gasteiger partial charge < -0.3 is 5.11 Å². The molecule has 0 fully saturated rings. The van der Waals surface area contributed by atoms with Gasteiger partial charge in [-0.05, 0) is 43.9 Å². The van der Waals surface area contributed by atoms with Crippen molar-refractivity contribution in [3.05, 3.63) is 52.1 Å². The van der Waals surface area contributed by atoms with E-state index in [1.54, 1.807) is 25.1 Å². The first-order chi connectivity index (χ1) is 8.97. The summed E-state index contributed by atoms with van der Waals surface area (Å²) >= 11 is 5.58. The van der Waals surface area contributed by atoms with Crippen LogP contribution in [0.5, 0.6) is 0 Å². The van der Waals surface area contributed by atoms with Crippen LogP contribution in [0.25, 0.3) is 0 Å². The first kappa shape index (κ1) is 15.7. The molecule has 1 aromatic carbocycles. The van der Waals surface area contributed by atoms with Crippen molar-refractivity contribution in [2.24, 2.45) is 0 Å². The third-order valence-electron chi connectivity index (χ3n) is 2.86. The van der Waals surface area contributed by atoms with Crippen LogP contribution in [0, 0.1) is 10.1 Å². The van der Waals surface area contributed by atoms with Gasteiger partial charge >= 0.3 is 0 Å². The molecule has 0 aromatic heterocycles. The summed E-state index contributed by atoms with van der Waals surface area (Å²) in [5.41, 5.74) is -0.465. The lowest BCUT2D eigenvalue weighted by Crippen LogP contribution is -2.17. The average molecular weight is 284 g/mol. The molecule has 0 radical (unpaired) electrons. The number of benzene rings is 1. The van der Waals surface area contributed by atoms with Crippen LogP contribution in [-0.2, 0) is 5.60 Å². The summed E-state index contributed by atoms with van der Waals surface area (Å²) in [4.78, 5) is 10.1. The van der Waals surface area contributed by atoms with Crippen LogP contribution in [-0.4, -0.2) is 15.9 Å². The normalized spacial score (nSPS) is 14.5. The quantitative estimate of drug-likeness (QED) is 0.272. The summed E-state index contributed by atoms with van der Waals surface area (Å²) < 4.78 is 0. The number of nitrogens with zero attached hydrogens (tertiary/aromatic N) is 1. The number of hydrogen-bond acceptors (Lipinski definition) is 3. The maximum atomic E-state index is 10.6. The van der Waals surface area contributed by atoms with Gasteiger partial charge in [0.25, 0.3) is 5.69 Å². The standard InChI is InChI=1S/C14H18ClNO3/c1-14(17,10-4-2-3-5-11-15)12-6-8-13(9-7-12)16(18)19/h4,6-10,17H,2-3,5,11H2,1H3/b10-4+. The zero-order valence-corrected chi connectivity index (χ0v) is 11.6. The van der Waals surface area contributed by atoms with Gasteiger partial charge in [0, 0.05) is 18.0 Å². The summed E-state index contributed by atoms with van der Waals surface area (Å²) in [5, 5.41) is 20.8. The summed E-state index contributed by atoms with van der Waals surface area (Å²) in [6.45, 7) is 1.66. The second-order valence-electron chi connectivity index (χ2n) is 4.54. The predicted molar refractivity (Wildman–Crippen MR) is 76.4 cm³/mol. The summed E-state index contributed by atoms with van der Waals surface area (Å²) in [7, 11) is 0. The van der Waals surface area contributed by atoms with Gasteiger partial charge in [-0.15, -0.1) is 11.6 Å². The lowest BCUT2D eigenvalue weighted by Gasteiger charge is -2.19. The fourth-order valence-electron chi connectivity index (χ4n) is 1.69. The maximum Gasteiger partial charge on any atom is 0.269 e. The van der Waals surface area contributed by atoms with Crippen molar-refractivity contribution in [3.63, 3.8) is 0 Å². The molecule has 1 aromatic rings. The van der Waals surface area contributed by atoms with Crippen LogP contribution in [0.2, 0.25) is 0 Å². The number of aliphatic hydroxyl groups is 1. The van der Waals surface area contributed by atoms with E-state index in [-0.39, 0.29) is 5.69 Å². The van der Waals surface area contributed by atoms with Crippen molar-refractivity contribution >= 4 is 17.3 Å². The molecule has 0 aliphatic rings. The predicted octanol–water partition coefficient (Wildman–Crippen LogP) is 3.77. The van der Waals surface area contributed by atoms with Crippen molar-refractivity contribution in [1.82, 2.24) is 0 Å². The first-order valence-electron chi connectivity index (χ1n) is 6.18. The Balaban J connectivity index is 2.68. The van der Waals surface area contributed by atoms with E-state index in [0.29, 0.717) is 11.4 Å². The average Bonchev–Trinajstić information content (AvgIpc) is 2.38. The highest BCUT2D eigenvalue weighted by Crippen LogP contribution is 2.24. The molecule has 104 valence electrons. The largest absolute Gasteiger partial charge is 0.381 e. The van der Waals surface area contributed by atoms with E-state index in [1.165, 1.54) is 12.1 Å². The van der Waals surface area contributed by atoms with Gasteiger partial charge in [0.2, 0.25) is 0 Å². The van der Waals surface area contributed by atoms with Crippen LogP contribution < -0.4 is 0 Å². The molecular weight excluding hydrogens is 266 g/mol. The molecule has 0 amide bonds. The van der Waals surface area contributed by atoms with Crippen LogP contribution in [0.4, 0.5) is 5.69 Å². The number of rotatable bonds is 7. The molecule has 0 saturated heterocycles. The molecule has 1 rings (SSSR count). The monoisotopic (exact) mass is 283 g/mol. The van der Waals surface area contributed by atoms with E-state index < -0.39 is 10.5 Å². The number of nitro groups is 1. The number of non-ortho nitro benzene ring substituents is 1. The molecule has 5 heteroatoms. The fraction of sp³-hybridized carbons (Fsp3) is 0.429. The Kier molecular flexibility index (Phi) is 5.99. The van der Waals surface area contributed by atoms with E-state index in [2.05, 4.69) is 0 Å². The fourth-order valence-corrected chi connectivity index (χ4v) is 1.88. The lowest BCUT2D eigenvalue weighted by molar-refractivity contribution is -0.384. The van der Waals surface area contributed by atoms with E-state index in [1.807, 2.05) is 6.08 Å². The molecular formula is C14H18ClNO3. The molecule has 0 bridgehead atoms. The van der Waals surface area contributed by atoms with Crippen molar-refractivity contribution in [2.45, 2.75) is 31.8 Å². The number of halogens is 1. The number of nitro benzene ring substituents is 1. The van der Waals surface area contributed by atoms with Crippen LogP contribution >= 0.6 is 11.6 Å². The van der Waals surface area contributed by atoms with E-state index in [9.17, 15) is 15.2 Å². The smallest absolute Gasteiger partial charge is 0.269 e. The van der Waals surface area contributed by atoms with Gasteiger partial charge in [0.15, 0.2) is 0 Å². The zero-order valence-electron chi connectivity index (χ0n) is 10.9. The maximum absolute atomic E-state index is 10.6. The van der Waals surface area contributed by atoms with E-state index in [0.717, 1.165) is 19.3 Å². The minimum atomic E-state index is -1.11. The van der Waals surface area contributed by atoms with Gasteiger partial charge in [0.05, 0.1) is 4.92 Å². The highest BCUT2D eigenvalue weighted by atomic mass is 35.5. The van der Waals surface area contributed by atoms with Crippen molar-refractivity contribution < 1.29 is 10.0 Å². The van der Waals surface area contributed by atoms with Crippen LogP contribution in [0.3, 0.4) is 0 Å². The number of unbranched alkanes of at least 4 members (excludes halogenated alkanes) is 2. The Morgan fingerprint density at radius 2 is 2.00 bits per heavy atom. The zero-order chi connectivity index (χ0) is 14.3. The highest BCUT2D eigenvalue weighted by molar-refractivity contribution is 6.17. The Morgan fingerprint density at radius 1 is 1.37 bits per heavy atom. The van der Waals surface area contributed by atoms with Gasteiger partial charge in [-0.1, -0.05) is 12.2 Å². The van der Waals surface area contributed by atoms with Crippen molar-refractivity contribution in [2.75, 3.05) is 5.88 Å².